The van der Waals surface area contributed by atoms with Crippen LogP contribution in [0.1, 0.15) is 46.5 Å². The number of nitro benzene ring substituents is 1. The number of nitrogens with zero attached hydrogens (tertiary/aromatic N) is 4. The molecular weight excluding hydrogens is 530 g/mol. The van der Waals surface area contributed by atoms with Gasteiger partial charge in [-0.1, -0.05) is 38.1 Å². The van der Waals surface area contributed by atoms with E-state index in [1.807, 2.05) is 13.8 Å². The van der Waals surface area contributed by atoms with Crippen LogP contribution in [0.2, 0.25) is 0 Å². The molecule has 0 aliphatic carbocycles. The van der Waals surface area contributed by atoms with E-state index in [0.29, 0.717) is 28.9 Å². The van der Waals surface area contributed by atoms with E-state index >= 15 is 0 Å². The number of anilines is 1. The molecule has 0 atom stereocenters. The quantitative estimate of drug-likeness (QED) is 0.257. The summed E-state index contributed by atoms with van der Waals surface area (Å²) in [4.78, 5) is 62.2. The first-order valence-corrected chi connectivity index (χ1v) is 12.7. The zero-order valence-electron chi connectivity index (χ0n) is 22.2. The standard InChI is InChI=1S/C29H25N5O7/c1-29(2)17-24(31-33(27(29)37)16-15-32-25(35)22-5-3-4-6-23(22)26(32)36)18-7-9-19(10-8-18)30-28(38)41-21-13-11-20(12-14-21)34(39)40/h3-14H,15-17H2,1-2H3,(H,30,38). The second kappa shape index (κ2) is 10.6. The summed E-state index contributed by atoms with van der Waals surface area (Å²) in [5.74, 6) is -0.859. The molecule has 0 radical (unpaired) electrons. The molecule has 0 spiro atoms. The molecule has 0 aromatic heterocycles. The normalized spacial score (nSPS) is 15.9. The Morgan fingerprint density at radius 3 is 2.15 bits per heavy atom. The van der Waals surface area contributed by atoms with Gasteiger partial charge in [-0.2, -0.15) is 5.10 Å². The third-order valence-electron chi connectivity index (χ3n) is 6.80. The van der Waals surface area contributed by atoms with Crippen molar-refractivity contribution in [2.75, 3.05) is 18.4 Å². The first-order chi connectivity index (χ1) is 19.5. The van der Waals surface area contributed by atoms with Gasteiger partial charge in [0, 0.05) is 30.8 Å². The topological polar surface area (TPSA) is 152 Å². The van der Waals surface area contributed by atoms with Gasteiger partial charge < -0.3 is 4.74 Å². The Hall–Kier alpha value is -5.39. The van der Waals surface area contributed by atoms with Crippen LogP contribution in [0.25, 0.3) is 0 Å². The molecular formula is C29H25N5O7. The molecule has 208 valence electrons. The Morgan fingerprint density at radius 2 is 1.56 bits per heavy atom. The molecule has 3 aromatic rings. The predicted molar refractivity (Wildman–Crippen MR) is 148 cm³/mol. The van der Waals surface area contributed by atoms with Gasteiger partial charge in [0.15, 0.2) is 0 Å². The largest absolute Gasteiger partial charge is 0.417 e. The molecule has 0 saturated carbocycles. The van der Waals surface area contributed by atoms with Crippen LogP contribution in [0.4, 0.5) is 16.2 Å². The average Bonchev–Trinajstić information content (AvgIpc) is 3.19. The first kappa shape index (κ1) is 27.2. The lowest BCUT2D eigenvalue weighted by molar-refractivity contribution is -0.384. The highest BCUT2D eigenvalue weighted by atomic mass is 16.6. The molecule has 2 heterocycles. The fraction of sp³-hybridized carbons (Fsp3) is 0.207. The number of hydrogen-bond donors (Lipinski definition) is 1. The number of non-ortho nitro benzene ring substituents is 1. The van der Waals surface area contributed by atoms with Gasteiger partial charge in [-0.3, -0.25) is 34.7 Å². The summed E-state index contributed by atoms with van der Waals surface area (Å²) in [5, 5.41) is 19.2. The third kappa shape index (κ3) is 5.53. The fourth-order valence-electron chi connectivity index (χ4n) is 4.65. The monoisotopic (exact) mass is 555 g/mol. The molecule has 0 fully saturated rings. The predicted octanol–water partition coefficient (Wildman–Crippen LogP) is 4.46. The zero-order valence-corrected chi connectivity index (χ0v) is 22.2. The Morgan fingerprint density at radius 1 is 0.951 bits per heavy atom. The summed E-state index contributed by atoms with van der Waals surface area (Å²) >= 11 is 0. The van der Waals surface area contributed by atoms with E-state index in [4.69, 9.17) is 4.74 Å². The lowest BCUT2D eigenvalue weighted by atomic mass is 9.83. The lowest BCUT2D eigenvalue weighted by Crippen LogP contribution is -2.47. The van der Waals surface area contributed by atoms with Crippen LogP contribution in [-0.4, -0.2) is 57.4 Å². The minimum Gasteiger partial charge on any atom is -0.410 e. The van der Waals surface area contributed by atoms with Gasteiger partial charge in [0.25, 0.3) is 17.5 Å². The van der Waals surface area contributed by atoms with Crippen molar-refractivity contribution in [1.29, 1.82) is 0 Å². The van der Waals surface area contributed by atoms with Crippen LogP contribution >= 0.6 is 0 Å². The number of amides is 4. The summed E-state index contributed by atoms with van der Waals surface area (Å²) in [6.45, 7) is 3.67. The van der Waals surface area contributed by atoms with E-state index in [-0.39, 0.29) is 30.4 Å². The van der Waals surface area contributed by atoms with Crippen LogP contribution in [0.3, 0.4) is 0 Å². The molecule has 12 nitrogen and oxygen atoms in total. The molecule has 3 aromatic carbocycles. The van der Waals surface area contributed by atoms with Crippen molar-refractivity contribution in [3.05, 3.63) is 99.6 Å². The minimum absolute atomic E-state index is 0.00464. The maximum absolute atomic E-state index is 13.1. The Labute approximate surface area is 234 Å². The van der Waals surface area contributed by atoms with E-state index in [2.05, 4.69) is 10.4 Å². The highest BCUT2D eigenvalue weighted by Gasteiger charge is 2.40. The first-order valence-electron chi connectivity index (χ1n) is 12.7. The Bertz CT molecular complexity index is 1560. The van der Waals surface area contributed by atoms with Crippen molar-refractivity contribution >= 4 is 40.9 Å². The van der Waals surface area contributed by atoms with Crippen molar-refractivity contribution in [3.63, 3.8) is 0 Å². The van der Waals surface area contributed by atoms with Gasteiger partial charge in [0.2, 0.25) is 5.91 Å². The molecule has 1 N–H and O–H groups in total. The van der Waals surface area contributed by atoms with E-state index in [0.717, 1.165) is 10.5 Å². The van der Waals surface area contributed by atoms with E-state index in [9.17, 15) is 29.3 Å². The van der Waals surface area contributed by atoms with Gasteiger partial charge in [0.05, 0.1) is 33.7 Å². The molecule has 4 amide bonds. The number of hydrazone groups is 1. The average molecular weight is 556 g/mol. The van der Waals surface area contributed by atoms with Crippen LogP contribution in [-0.2, 0) is 4.79 Å². The minimum atomic E-state index is -0.773. The van der Waals surface area contributed by atoms with E-state index in [1.54, 1.807) is 48.5 Å². The van der Waals surface area contributed by atoms with Gasteiger partial charge in [0.1, 0.15) is 5.75 Å². The number of benzene rings is 3. The highest BCUT2D eigenvalue weighted by Crippen LogP contribution is 2.31. The summed E-state index contributed by atoms with van der Waals surface area (Å²) < 4.78 is 5.17. The Balaban J connectivity index is 1.25. The maximum atomic E-state index is 13.1. The molecule has 12 heteroatoms. The van der Waals surface area contributed by atoms with Crippen LogP contribution in [0, 0.1) is 15.5 Å². The van der Waals surface area contributed by atoms with E-state index < -0.39 is 28.2 Å². The molecule has 0 bridgehead atoms. The van der Waals surface area contributed by atoms with Crippen LogP contribution in [0.5, 0.6) is 5.75 Å². The fourth-order valence-corrected chi connectivity index (χ4v) is 4.65. The number of rotatable bonds is 7. The summed E-state index contributed by atoms with van der Waals surface area (Å²) in [7, 11) is 0. The van der Waals surface area contributed by atoms with Gasteiger partial charge in [-0.05, 0) is 42.0 Å². The van der Waals surface area contributed by atoms with E-state index in [1.165, 1.54) is 29.3 Å². The number of hydrogen-bond acceptors (Lipinski definition) is 8. The summed E-state index contributed by atoms with van der Waals surface area (Å²) in [6.07, 6.45) is -0.405. The Kier molecular flexibility index (Phi) is 7.06. The number of ether oxygens (including phenoxy) is 1. The number of imide groups is 1. The lowest BCUT2D eigenvalue weighted by Gasteiger charge is -2.35. The van der Waals surface area contributed by atoms with Crippen molar-refractivity contribution < 1.29 is 28.8 Å². The second-order valence-corrected chi connectivity index (χ2v) is 10.2. The van der Waals surface area contributed by atoms with Crippen molar-refractivity contribution in [2.45, 2.75) is 20.3 Å². The molecule has 2 aliphatic heterocycles. The summed E-state index contributed by atoms with van der Waals surface area (Å²) in [5.41, 5.74) is 1.60. The van der Waals surface area contributed by atoms with Crippen LogP contribution in [0.15, 0.2) is 77.9 Å². The maximum Gasteiger partial charge on any atom is 0.417 e. The molecule has 5 rings (SSSR count). The second-order valence-electron chi connectivity index (χ2n) is 10.2. The van der Waals surface area contributed by atoms with Crippen molar-refractivity contribution in [2.24, 2.45) is 10.5 Å². The number of nitro groups is 1. The number of nitrogens with one attached hydrogen (secondary N) is 1. The van der Waals surface area contributed by atoms with Crippen molar-refractivity contribution in [3.8, 4) is 5.75 Å². The molecule has 41 heavy (non-hydrogen) atoms. The van der Waals surface area contributed by atoms with Gasteiger partial charge >= 0.3 is 6.09 Å². The highest BCUT2D eigenvalue weighted by molar-refractivity contribution is 6.21. The molecule has 0 unspecified atom stereocenters. The van der Waals surface area contributed by atoms with Crippen molar-refractivity contribution in [1.82, 2.24) is 9.91 Å². The molecule has 0 saturated heterocycles. The zero-order chi connectivity index (χ0) is 29.3. The SMILES string of the molecule is CC1(C)CC(c2ccc(NC(=O)Oc3ccc([N+](=O)[O-])cc3)cc2)=NN(CCN2C(=O)c3ccccc3C2=O)C1=O. The number of fused-ring (bicyclic) bond motifs is 1. The number of carbonyl (C=O) groups excluding carboxylic acids is 4. The molecule has 2 aliphatic rings. The van der Waals surface area contributed by atoms with Gasteiger partial charge in [-0.25, -0.2) is 9.80 Å². The number of carbonyl (C=O) groups is 4. The summed E-state index contributed by atoms with van der Waals surface area (Å²) in [6, 6.07) is 18.5. The third-order valence-corrected chi connectivity index (χ3v) is 6.80. The smallest absolute Gasteiger partial charge is 0.410 e. The van der Waals surface area contributed by atoms with Gasteiger partial charge in [-0.15, -0.1) is 0 Å². The van der Waals surface area contributed by atoms with Crippen LogP contribution < -0.4 is 10.1 Å².